The van der Waals surface area contributed by atoms with E-state index in [-0.39, 0.29) is 0 Å². The number of aromatic nitrogens is 2. The number of nitrogens with zero attached hydrogens (tertiary/aromatic N) is 2. The Morgan fingerprint density at radius 2 is 1.67 bits per heavy atom. The zero-order valence-corrected chi connectivity index (χ0v) is 9.07. The summed E-state index contributed by atoms with van der Waals surface area (Å²) in [4.78, 5) is 3.99. The fourth-order valence-corrected chi connectivity index (χ4v) is 1.59. The van der Waals surface area contributed by atoms with Gasteiger partial charge in [0.05, 0.1) is 6.54 Å². The minimum absolute atomic E-state index is 0.818. The lowest BCUT2D eigenvalue weighted by atomic mass is 10.3. The second-order valence-electron chi connectivity index (χ2n) is 3.64. The molecule has 2 rings (SSSR count). The Balaban J connectivity index is 2.05. The highest BCUT2D eigenvalue weighted by Crippen LogP contribution is 2.05. The molecule has 0 amide bonds. The molecule has 0 bridgehead atoms. The van der Waals surface area contributed by atoms with Gasteiger partial charge in [0.15, 0.2) is 0 Å². The highest BCUT2D eigenvalue weighted by molar-refractivity contribution is 5.17. The average molecular weight is 201 g/mol. The van der Waals surface area contributed by atoms with Crippen molar-refractivity contribution in [2.24, 2.45) is 0 Å². The van der Waals surface area contributed by atoms with Crippen molar-refractivity contribution in [2.75, 3.05) is 5.43 Å². The van der Waals surface area contributed by atoms with Crippen LogP contribution in [0.5, 0.6) is 0 Å². The molecule has 3 heteroatoms. The highest BCUT2D eigenvalue weighted by atomic mass is 15.4. The molecule has 2 aromatic rings. The van der Waals surface area contributed by atoms with Crippen LogP contribution in [0.3, 0.4) is 0 Å². The maximum Gasteiger partial charge on any atom is 0.0565 e. The Hall–Kier alpha value is -1.77. The van der Waals surface area contributed by atoms with Crippen molar-refractivity contribution in [3.05, 3.63) is 53.6 Å². The zero-order chi connectivity index (χ0) is 10.7. The van der Waals surface area contributed by atoms with Crippen LogP contribution in [0.1, 0.15) is 17.0 Å². The molecule has 0 fully saturated rings. The van der Waals surface area contributed by atoms with Crippen LogP contribution < -0.4 is 5.43 Å². The summed E-state index contributed by atoms with van der Waals surface area (Å²) < 4.78 is 2.10. The maximum absolute atomic E-state index is 3.99. The number of aryl methyl sites for hydroxylation is 2. The van der Waals surface area contributed by atoms with Crippen LogP contribution in [0.4, 0.5) is 0 Å². The summed E-state index contributed by atoms with van der Waals surface area (Å²) in [6.07, 6.45) is 3.62. The summed E-state index contributed by atoms with van der Waals surface area (Å²) in [5.41, 5.74) is 7.05. The Kier molecular flexibility index (Phi) is 2.72. The monoisotopic (exact) mass is 201 g/mol. The van der Waals surface area contributed by atoms with E-state index in [9.17, 15) is 0 Å². The second-order valence-corrected chi connectivity index (χ2v) is 3.64. The Labute approximate surface area is 89.7 Å². The summed E-state index contributed by atoms with van der Waals surface area (Å²) in [5.74, 6) is 0. The number of hydrogen-bond donors (Lipinski definition) is 1. The van der Waals surface area contributed by atoms with Crippen LogP contribution in [0, 0.1) is 13.8 Å². The van der Waals surface area contributed by atoms with Crippen LogP contribution in [0.15, 0.2) is 36.7 Å². The van der Waals surface area contributed by atoms with E-state index in [0.29, 0.717) is 0 Å². The number of nitrogens with one attached hydrogen (secondary N) is 1. The quantitative estimate of drug-likeness (QED) is 0.825. The van der Waals surface area contributed by atoms with Gasteiger partial charge in [-0.15, -0.1) is 0 Å². The summed E-state index contributed by atoms with van der Waals surface area (Å²) in [5, 5.41) is 0. The normalized spacial score (nSPS) is 10.3. The highest BCUT2D eigenvalue weighted by Gasteiger charge is 1.99. The van der Waals surface area contributed by atoms with E-state index in [1.807, 2.05) is 24.5 Å². The number of pyridine rings is 1. The van der Waals surface area contributed by atoms with Crippen molar-refractivity contribution < 1.29 is 0 Å². The molecule has 0 aromatic carbocycles. The molecular weight excluding hydrogens is 186 g/mol. The fourth-order valence-electron chi connectivity index (χ4n) is 1.59. The van der Waals surface area contributed by atoms with Gasteiger partial charge in [-0.05, 0) is 43.7 Å². The van der Waals surface area contributed by atoms with Gasteiger partial charge in [0.2, 0.25) is 0 Å². The molecule has 0 aliphatic rings. The van der Waals surface area contributed by atoms with Crippen LogP contribution in [-0.2, 0) is 6.54 Å². The zero-order valence-electron chi connectivity index (χ0n) is 9.07. The summed E-state index contributed by atoms with van der Waals surface area (Å²) in [6, 6.07) is 8.24. The molecule has 0 aliphatic heterocycles. The van der Waals surface area contributed by atoms with Gasteiger partial charge in [0.25, 0.3) is 0 Å². The molecule has 0 saturated heterocycles. The second kappa shape index (κ2) is 4.17. The molecule has 0 spiro atoms. The van der Waals surface area contributed by atoms with Crippen molar-refractivity contribution in [3.63, 3.8) is 0 Å². The minimum atomic E-state index is 0.818. The SMILES string of the molecule is Cc1ccc(C)n1NCc1ccncc1. The lowest BCUT2D eigenvalue weighted by molar-refractivity contribution is 0.791. The van der Waals surface area contributed by atoms with Crippen molar-refractivity contribution in [2.45, 2.75) is 20.4 Å². The third-order valence-corrected chi connectivity index (χ3v) is 2.46. The van der Waals surface area contributed by atoms with E-state index < -0.39 is 0 Å². The van der Waals surface area contributed by atoms with Crippen LogP contribution in [-0.4, -0.2) is 9.66 Å². The first-order valence-corrected chi connectivity index (χ1v) is 5.05. The molecule has 2 aromatic heterocycles. The molecule has 0 saturated carbocycles. The van der Waals surface area contributed by atoms with Crippen molar-refractivity contribution in [1.82, 2.24) is 9.66 Å². The summed E-state index contributed by atoms with van der Waals surface area (Å²) in [6.45, 7) is 5.00. The van der Waals surface area contributed by atoms with Gasteiger partial charge in [-0.2, -0.15) is 0 Å². The summed E-state index contributed by atoms with van der Waals surface area (Å²) >= 11 is 0. The Morgan fingerprint density at radius 3 is 2.27 bits per heavy atom. The minimum Gasteiger partial charge on any atom is -0.322 e. The molecule has 0 atom stereocenters. The molecule has 2 heterocycles. The van der Waals surface area contributed by atoms with Crippen LogP contribution in [0.25, 0.3) is 0 Å². The average Bonchev–Trinajstić information content (AvgIpc) is 2.58. The first-order chi connectivity index (χ1) is 7.27. The lowest BCUT2D eigenvalue weighted by Gasteiger charge is -2.12. The van der Waals surface area contributed by atoms with Crippen LogP contribution in [0.2, 0.25) is 0 Å². The topological polar surface area (TPSA) is 29.9 Å². The third-order valence-electron chi connectivity index (χ3n) is 2.46. The van der Waals surface area contributed by atoms with Gasteiger partial charge in [0.1, 0.15) is 0 Å². The Morgan fingerprint density at radius 1 is 1.07 bits per heavy atom. The van der Waals surface area contributed by atoms with E-state index in [4.69, 9.17) is 0 Å². The molecule has 0 aliphatic carbocycles. The van der Waals surface area contributed by atoms with Crippen molar-refractivity contribution >= 4 is 0 Å². The van der Waals surface area contributed by atoms with Gasteiger partial charge in [0, 0.05) is 23.8 Å². The van der Waals surface area contributed by atoms with Crippen molar-refractivity contribution in [3.8, 4) is 0 Å². The fraction of sp³-hybridized carbons (Fsp3) is 0.250. The smallest absolute Gasteiger partial charge is 0.0565 e. The van der Waals surface area contributed by atoms with Crippen LogP contribution >= 0.6 is 0 Å². The van der Waals surface area contributed by atoms with E-state index >= 15 is 0 Å². The molecule has 3 nitrogen and oxygen atoms in total. The van der Waals surface area contributed by atoms with Gasteiger partial charge >= 0.3 is 0 Å². The maximum atomic E-state index is 3.99. The predicted octanol–water partition coefficient (Wildman–Crippen LogP) is 2.24. The third kappa shape index (κ3) is 2.18. The molecule has 0 unspecified atom stereocenters. The van der Waals surface area contributed by atoms with E-state index in [0.717, 1.165) is 6.54 Å². The van der Waals surface area contributed by atoms with E-state index in [1.54, 1.807) is 0 Å². The molecular formula is C12H15N3. The first kappa shape index (κ1) is 9.77. The lowest BCUT2D eigenvalue weighted by Crippen LogP contribution is -2.16. The van der Waals surface area contributed by atoms with E-state index in [2.05, 4.69) is 41.1 Å². The first-order valence-electron chi connectivity index (χ1n) is 5.05. The van der Waals surface area contributed by atoms with Gasteiger partial charge in [-0.25, -0.2) is 0 Å². The molecule has 15 heavy (non-hydrogen) atoms. The van der Waals surface area contributed by atoms with Crippen molar-refractivity contribution in [1.29, 1.82) is 0 Å². The number of rotatable bonds is 3. The molecule has 1 N–H and O–H groups in total. The van der Waals surface area contributed by atoms with Gasteiger partial charge < -0.3 is 5.43 Å². The Bertz CT molecular complexity index is 412. The standard InChI is InChI=1S/C12H15N3/c1-10-3-4-11(2)15(10)14-9-12-5-7-13-8-6-12/h3-8,14H,9H2,1-2H3. The summed E-state index contributed by atoms with van der Waals surface area (Å²) in [7, 11) is 0. The largest absolute Gasteiger partial charge is 0.322 e. The van der Waals surface area contributed by atoms with Gasteiger partial charge in [-0.1, -0.05) is 0 Å². The number of hydrogen-bond acceptors (Lipinski definition) is 2. The van der Waals surface area contributed by atoms with E-state index in [1.165, 1.54) is 17.0 Å². The molecule has 0 radical (unpaired) electrons. The van der Waals surface area contributed by atoms with Gasteiger partial charge in [-0.3, -0.25) is 9.66 Å². The predicted molar refractivity (Wildman–Crippen MR) is 61.2 cm³/mol. The molecule has 78 valence electrons.